The lowest BCUT2D eigenvalue weighted by atomic mass is 10.1. The van der Waals surface area contributed by atoms with E-state index in [1.165, 1.54) is 22.9 Å². The number of amides is 1. The van der Waals surface area contributed by atoms with Crippen LogP contribution >= 0.6 is 11.8 Å². The van der Waals surface area contributed by atoms with Gasteiger partial charge in [0.15, 0.2) is 5.17 Å². The van der Waals surface area contributed by atoms with Crippen molar-refractivity contribution in [2.45, 2.75) is 27.2 Å². The van der Waals surface area contributed by atoms with Crippen LogP contribution in [0.25, 0.3) is 6.08 Å². The van der Waals surface area contributed by atoms with Gasteiger partial charge >= 0.3 is 0 Å². The number of benzene rings is 2. The summed E-state index contributed by atoms with van der Waals surface area (Å²) in [5.74, 6) is 0.0401. The fraction of sp³-hybridized carbons (Fsp3) is 0.238. The van der Waals surface area contributed by atoms with Crippen LogP contribution in [0, 0.1) is 13.8 Å². The number of carbonyl (C=O) groups is 1. The number of carbonyl (C=O) groups excluding carboxylic acids is 1. The van der Waals surface area contributed by atoms with Crippen molar-refractivity contribution in [1.82, 2.24) is 4.90 Å². The molecule has 0 bridgehead atoms. The van der Waals surface area contributed by atoms with E-state index in [1.807, 2.05) is 42.5 Å². The Labute approximate surface area is 153 Å². The van der Waals surface area contributed by atoms with Crippen LogP contribution in [0.1, 0.15) is 30.0 Å². The summed E-state index contributed by atoms with van der Waals surface area (Å²) in [6, 6.07) is 16.2. The molecule has 1 saturated heterocycles. The fourth-order valence-corrected chi connectivity index (χ4v) is 3.58. The van der Waals surface area contributed by atoms with Crippen LogP contribution in [0.3, 0.4) is 0 Å². The number of hydrogen-bond acceptors (Lipinski definition) is 3. The quantitative estimate of drug-likeness (QED) is 0.699. The Morgan fingerprint density at radius 1 is 1.00 bits per heavy atom. The van der Waals surface area contributed by atoms with Gasteiger partial charge in [0.05, 0.1) is 10.6 Å². The van der Waals surface area contributed by atoms with E-state index in [0.717, 1.165) is 27.7 Å². The average Bonchev–Trinajstić information content (AvgIpc) is 2.88. The molecule has 0 N–H and O–H groups in total. The molecule has 2 aromatic rings. The van der Waals surface area contributed by atoms with Gasteiger partial charge in [-0.25, -0.2) is 4.99 Å². The normalized spacial score (nSPS) is 17.7. The molecule has 1 aliphatic rings. The van der Waals surface area contributed by atoms with Crippen LogP contribution in [0.2, 0.25) is 0 Å². The maximum absolute atomic E-state index is 12.8. The lowest BCUT2D eigenvalue weighted by Crippen LogP contribution is -2.29. The number of hydrogen-bond donors (Lipinski definition) is 0. The highest BCUT2D eigenvalue weighted by Gasteiger charge is 2.32. The summed E-state index contributed by atoms with van der Waals surface area (Å²) >= 11 is 1.45. The summed E-state index contributed by atoms with van der Waals surface area (Å²) in [6.45, 7) is 6.86. The van der Waals surface area contributed by atoms with Gasteiger partial charge in [-0.05, 0) is 55.8 Å². The first-order chi connectivity index (χ1) is 12.1. The Kier molecular flexibility index (Phi) is 5.39. The Balaban J connectivity index is 1.91. The number of rotatable bonds is 4. The highest BCUT2D eigenvalue weighted by molar-refractivity contribution is 8.18. The molecular formula is C21H22N2OS. The van der Waals surface area contributed by atoms with Crippen LogP contribution in [0.4, 0.5) is 5.69 Å². The molecule has 0 unspecified atom stereocenters. The second-order valence-corrected chi connectivity index (χ2v) is 7.22. The zero-order chi connectivity index (χ0) is 17.8. The van der Waals surface area contributed by atoms with Gasteiger partial charge in [-0.15, -0.1) is 0 Å². The second kappa shape index (κ2) is 7.70. The van der Waals surface area contributed by atoms with Gasteiger partial charge in [-0.2, -0.15) is 0 Å². The van der Waals surface area contributed by atoms with E-state index in [-0.39, 0.29) is 5.91 Å². The van der Waals surface area contributed by atoms with Crippen LogP contribution < -0.4 is 0 Å². The molecule has 2 aromatic carbocycles. The van der Waals surface area contributed by atoms with E-state index in [1.54, 1.807) is 4.90 Å². The maximum Gasteiger partial charge on any atom is 0.266 e. The summed E-state index contributed by atoms with van der Waals surface area (Å²) in [5, 5.41) is 0.758. The summed E-state index contributed by atoms with van der Waals surface area (Å²) < 4.78 is 0. The predicted octanol–water partition coefficient (Wildman–Crippen LogP) is 5.32. The first kappa shape index (κ1) is 17.5. The summed E-state index contributed by atoms with van der Waals surface area (Å²) in [4.78, 5) is 20.0. The maximum atomic E-state index is 12.8. The first-order valence-corrected chi connectivity index (χ1v) is 9.32. The molecule has 0 atom stereocenters. The van der Waals surface area contributed by atoms with E-state index in [2.05, 4.69) is 32.9 Å². The van der Waals surface area contributed by atoms with Gasteiger partial charge in [0, 0.05) is 6.54 Å². The van der Waals surface area contributed by atoms with Crippen molar-refractivity contribution in [2.75, 3.05) is 6.54 Å². The largest absolute Gasteiger partial charge is 0.286 e. The first-order valence-electron chi connectivity index (χ1n) is 8.50. The van der Waals surface area contributed by atoms with Crippen molar-refractivity contribution < 1.29 is 4.79 Å². The molecule has 128 valence electrons. The number of thioether (sulfide) groups is 1. The van der Waals surface area contributed by atoms with Crippen molar-refractivity contribution in [3.05, 3.63) is 70.1 Å². The van der Waals surface area contributed by atoms with Gasteiger partial charge in [0.25, 0.3) is 5.91 Å². The zero-order valence-electron chi connectivity index (χ0n) is 14.8. The minimum atomic E-state index is 0.0401. The Morgan fingerprint density at radius 3 is 2.20 bits per heavy atom. The smallest absolute Gasteiger partial charge is 0.266 e. The van der Waals surface area contributed by atoms with Crippen molar-refractivity contribution in [1.29, 1.82) is 0 Å². The van der Waals surface area contributed by atoms with Crippen LogP contribution in [-0.4, -0.2) is 22.5 Å². The Hall–Kier alpha value is -2.33. The number of nitrogens with zero attached hydrogens (tertiary/aromatic N) is 2. The number of aliphatic imine (C=N–C) groups is 1. The molecule has 3 rings (SSSR count). The SMILES string of the molecule is CCCN1C(=O)/C(=C\c2ccc(C)cc2)SC1=Nc1ccc(C)cc1. The molecule has 1 heterocycles. The van der Waals surface area contributed by atoms with E-state index < -0.39 is 0 Å². The molecule has 0 saturated carbocycles. The van der Waals surface area contributed by atoms with Gasteiger partial charge in [-0.3, -0.25) is 9.69 Å². The third kappa shape index (κ3) is 4.20. The molecule has 1 fully saturated rings. The summed E-state index contributed by atoms with van der Waals surface area (Å²) in [6.07, 6.45) is 2.85. The van der Waals surface area contributed by atoms with E-state index in [4.69, 9.17) is 4.99 Å². The van der Waals surface area contributed by atoms with Gasteiger partial charge in [0.2, 0.25) is 0 Å². The highest BCUT2D eigenvalue weighted by Crippen LogP contribution is 2.34. The van der Waals surface area contributed by atoms with Crippen molar-refractivity contribution in [3.8, 4) is 0 Å². The topological polar surface area (TPSA) is 32.7 Å². The van der Waals surface area contributed by atoms with Crippen molar-refractivity contribution >= 4 is 34.6 Å². The van der Waals surface area contributed by atoms with Crippen molar-refractivity contribution in [3.63, 3.8) is 0 Å². The lowest BCUT2D eigenvalue weighted by molar-refractivity contribution is -0.122. The minimum Gasteiger partial charge on any atom is -0.286 e. The lowest BCUT2D eigenvalue weighted by Gasteiger charge is -2.13. The number of aryl methyl sites for hydroxylation is 2. The van der Waals surface area contributed by atoms with E-state index >= 15 is 0 Å². The second-order valence-electron chi connectivity index (χ2n) is 6.21. The summed E-state index contributed by atoms with van der Waals surface area (Å²) in [7, 11) is 0. The monoisotopic (exact) mass is 350 g/mol. The molecule has 1 amide bonds. The zero-order valence-corrected chi connectivity index (χ0v) is 15.6. The van der Waals surface area contributed by atoms with Crippen molar-refractivity contribution in [2.24, 2.45) is 4.99 Å². The van der Waals surface area contributed by atoms with Crippen LogP contribution in [-0.2, 0) is 4.79 Å². The molecule has 25 heavy (non-hydrogen) atoms. The number of amidine groups is 1. The third-order valence-corrected chi connectivity index (χ3v) is 4.98. The fourth-order valence-electron chi connectivity index (χ4n) is 2.56. The molecular weight excluding hydrogens is 328 g/mol. The predicted molar refractivity (Wildman–Crippen MR) is 107 cm³/mol. The van der Waals surface area contributed by atoms with E-state index in [0.29, 0.717) is 6.54 Å². The molecule has 0 aliphatic carbocycles. The summed E-state index contributed by atoms with van der Waals surface area (Å²) in [5.41, 5.74) is 4.32. The van der Waals surface area contributed by atoms with Crippen LogP contribution in [0.5, 0.6) is 0 Å². The third-order valence-electron chi connectivity index (χ3n) is 3.97. The molecule has 3 nitrogen and oxygen atoms in total. The highest BCUT2D eigenvalue weighted by atomic mass is 32.2. The van der Waals surface area contributed by atoms with Gasteiger partial charge in [0.1, 0.15) is 0 Å². The van der Waals surface area contributed by atoms with E-state index in [9.17, 15) is 4.79 Å². The molecule has 1 aliphatic heterocycles. The Morgan fingerprint density at radius 2 is 1.60 bits per heavy atom. The minimum absolute atomic E-state index is 0.0401. The van der Waals surface area contributed by atoms with Crippen LogP contribution in [0.15, 0.2) is 58.4 Å². The molecule has 4 heteroatoms. The van der Waals surface area contributed by atoms with Gasteiger partial charge < -0.3 is 0 Å². The average molecular weight is 350 g/mol. The standard InChI is InChI=1S/C21H22N2OS/c1-4-13-23-20(24)19(14-17-9-5-15(2)6-10-17)25-21(23)22-18-11-7-16(3)8-12-18/h5-12,14H,4,13H2,1-3H3/b19-14+,22-21?. The molecule has 0 aromatic heterocycles. The Bertz CT molecular complexity index is 820. The molecule has 0 spiro atoms. The molecule has 0 radical (unpaired) electrons. The van der Waals surface area contributed by atoms with Gasteiger partial charge in [-0.1, -0.05) is 54.4 Å².